The van der Waals surface area contributed by atoms with E-state index in [2.05, 4.69) is 18.8 Å². The number of rotatable bonds is 2. The van der Waals surface area contributed by atoms with Gasteiger partial charge in [-0.1, -0.05) is 26.0 Å². The maximum Gasteiger partial charge on any atom is 0.219 e. The third-order valence-corrected chi connectivity index (χ3v) is 2.87. The van der Waals surface area contributed by atoms with E-state index < -0.39 is 0 Å². The molecular weight excluding hydrogens is 205 g/mol. The quantitative estimate of drug-likeness (QED) is 0.752. The zero-order chi connectivity index (χ0) is 11.7. The van der Waals surface area contributed by atoms with Gasteiger partial charge in [-0.3, -0.25) is 0 Å². The summed E-state index contributed by atoms with van der Waals surface area (Å²) in [6, 6.07) is 5.43. The minimum Gasteiger partial charge on any atom is -0.475 e. The summed E-state index contributed by atoms with van der Waals surface area (Å²) >= 11 is 0. The molecule has 2 rings (SSSR count). The lowest BCUT2D eigenvalue weighted by Crippen LogP contribution is -2.13. The van der Waals surface area contributed by atoms with Gasteiger partial charge in [-0.2, -0.15) is 0 Å². The van der Waals surface area contributed by atoms with Crippen molar-refractivity contribution in [1.82, 2.24) is 0 Å². The van der Waals surface area contributed by atoms with E-state index in [4.69, 9.17) is 4.74 Å². The molecule has 0 aromatic heterocycles. The first-order valence-electron chi connectivity index (χ1n) is 5.55. The Hall–Kier alpha value is -1.38. The van der Waals surface area contributed by atoms with E-state index in [9.17, 15) is 4.39 Å². The summed E-state index contributed by atoms with van der Waals surface area (Å²) in [7, 11) is 0. The second-order valence-electron chi connectivity index (χ2n) is 4.49. The van der Waals surface area contributed by atoms with Crippen molar-refractivity contribution in [3.8, 4) is 0 Å². The van der Waals surface area contributed by atoms with Gasteiger partial charge in [0.05, 0.1) is 11.6 Å². The summed E-state index contributed by atoms with van der Waals surface area (Å²) in [6.45, 7) is 6.48. The first kappa shape index (κ1) is 11.1. The van der Waals surface area contributed by atoms with E-state index in [1.165, 1.54) is 0 Å². The second-order valence-corrected chi connectivity index (χ2v) is 4.49. The Kier molecular flexibility index (Phi) is 2.95. The molecule has 0 aliphatic carbocycles. The Morgan fingerprint density at radius 1 is 1.44 bits per heavy atom. The minimum atomic E-state index is -0.231. The fourth-order valence-electron chi connectivity index (χ4n) is 1.69. The molecule has 1 heterocycles. The van der Waals surface area contributed by atoms with E-state index in [1.807, 2.05) is 6.07 Å². The number of aliphatic imine (C=N–C) groups is 1. The molecule has 3 heteroatoms. The summed E-state index contributed by atoms with van der Waals surface area (Å²) in [6.07, 6.45) is 0. The van der Waals surface area contributed by atoms with Crippen LogP contribution < -0.4 is 0 Å². The molecule has 16 heavy (non-hydrogen) atoms. The molecule has 0 fully saturated rings. The van der Waals surface area contributed by atoms with Crippen LogP contribution >= 0.6 is 0 Å². The summed E-state index contributed by atoms with van der Waals surface area (Å²) in [5.41, 5.74) is 1.10. The fraction of sp³-hybridized carbons (Fsp3) is 0.462. The second kappa shape index (κ2) is 4.24. The molecule has 1 aromatic rings. The lowest BCUT2D eigenvalue weighted by atomic mass is 10.1. The van der Waals surface area contributed by atoms with Crippen LogP contribution in [-0.4, -0.2) is 18.5 Å². The predicted octanol–water partition coefficient (Wildman–Crippen LogP) is 2.94. The largest absolute Gasteiger partial charge is 0.475 e. The molecule has 1 atom stereocenters. The predicted molar refractivity (Wildman–Crippen MR) is 62.3 cm³/mol. The van der Waals surface area contributed by atoms with Crippen LogP contribution in [0.3, 0.4) is 0 Å². The molecule has 0 N–H and O–H groups in total. The summed E-state index contributed by atoms with van der Waals surface area (Å²) in [5, 5.41) is 0. The number of aryl methyl sites for hydroxylation is 1. The van der Waals surface area contributed by atoms with Gasteiger partial charge >= 0.3 is 0 Å². The number of halogens is 1. The van der Waals surface area contributed by atoms with Gasteiger partial charge in [0.15, 0.2) is 0 Å². The van der Waals surface area contributed by atoms with Crippen molar-refractivity contribution in [2.75, 3.05) is 6.61 Å². The first-order valence-corrected chi connectivity index (χ1v) is 5.55. The molecule has 1 aliphatic rings. The van der Waals surface area contributed by atoms with Crippen LogP contribution in [0.5, 0.6) is 0 Å². The minimum absolute atomic E-state index is 0.148. The maximum atomic E-state index is 13.8. The van der Waals surface area contributed by atoms with Crippen LogP contribution in [0.25, 0.3) is 0 Å². The summed E-state index contributed by atoms with van der Waals surface area (Å²) in [5.74, 6) is 0.635. The highest BCUT2D eigenvalue weighted by molar-refractivity contribution is 5.95. The lowest BCUT2D eigenvalue weighted by molar-refractivity contribution is 0.291. The topological polar surface area (TPSA) is 21.6 Å². The number of hydrogen-bond donors (Lipinski definition) is 0. The van der Waals surface area contributed by atoms with Crippen LogP contribution in [0.1, 0.15) is 25.0 Å². The van der Waals surface area contributed by atoms with Gasteiger partial charge in [0.2, 0.25) is 5.90 Å². The Morgan fingerprint density at radius 3 is 2.81 bits per heavy atom. The summed E-state index contributed by atoms with van der Waals surface area (Å²) < 4.78 is 19.3. The Labute approximate surface area is 95.2 Å². The van der Waals surface area contributed by atoms with Crippen LogP contribution in [0.15, 0.2) is 23.2 Å². The molecule has 2 nitrogen and oxygen atoms in total. The van der Waals surface area contributed by atoms with E-state index >= 15 is 0 Å². The lowest BCUT2D eigenvalue weighted by Gasteiger charge is -2.06. The smallest absolute Gasteiger partial charge is 0.219 e. The molecule has 0 bridgehead atoms. The SMILES string of the molecule is Cc1cccc(C2=NC(C(C)C)CO2)c1F. The van der Waals surface area contributed by atoms with Gasteiger partial charge in [-0.25, -0.2) is 9.38 Å². The molecule has 0 spiro atoms. The molecule has 86 valence electrons. The maximum absolute atomic E-state index is 13.8. The number of hydrogen-bond acceptors (Lipinski definition) is 2. The van der Waals surface area contributed by atoms with Gasteiger partial charge in [-0.05, 0) is 24.5 Å². The van der Waals surface area contributed by atoms with Crippen molar-refractivity contribution in [3.05, 3.63) is 35.1 Å². The monoisotopic (exact) mass is 221 g/mol. The molecule has 1 aromatic carbocycles. The van der Waals surface area contributed by atoms with Crippen molar-refractivity contribution in [3.63, 3.8) is 0 Å². The van der Waals surface area contributed by atoms with Crippen molar-refractivity contribution in [2.24, 2.45) is 10.9 Å². The van der Waals surface area contributed by atoms with Crippen LogP contribution in [-0.2, 0) is 4.74 Å². The molecule has 0 radical (unpaired) electrons. The highest BCUT2D eigenvalue weighted by Gasteiger charge is 2.24. The highest BCUT2D eigenvalue weighted by atomic mass is 19.1. The van der Waals surface area contributed by atoms with Crippen molar-refractivity contribution < 1.29 is 9.13 Å². The fourth-order valence-corrected chi connectivity index (χ4v) is 1.69. The van der Waals surface area contributed by atoms with E-state index in [0.717, 1.165) is 0 Å². The van der Waals surface area contributed by atoms with Gasteiger partial charge in [0.1, 0.15) is 12.4 Å². The van der Waals surface area contributed by atoms with Crippen molar-refractivity contribution >= 4 is 5.90 Å². The van der Waals surface area contributed by atoms with Crippen molar-refractivity contribution in [2.45, 2.75) is 26.8 Å². The molecule has 0 amide bonds. The zero-order valence-electron chi connectivity index (χ0n) is 9.83. The highest BCUT2D eigenvalue weighted by Crippen LogP contribution is 2.20. The summed E-state index contributed by atoms with van der Waals surface area (Å²) in [4.78, 5) is 4.41. The normalized spacial score (nSPS) is 19.8. The Morgan fingerprint density at radius 2 is 2.19 bits per heavy atom. The first-order chi connectivity index (χ1) is 7.59. The van der Waals surface area contributed by atoms with Gasteiger partial charge in [0, 0.05) is 0 Å². The third kappa shape index (κ3) is 1.94. The van der Waals surface area contributed by atoms with Gasteiger partial charge < -0.3 is 4.74 Å². The van der Waals surface area contributed by atoms with Crippen molar-refractivity contribution in [1.29, 1.82) is 0 Å². The molecular formula is C13H16FNO. The van der Waals surface area contributed by atoms with Crippen LogP contribution in [0, 0.1) is 18.7 Å². The van der Waals surface area contributed by atoms with Crippen LogP contribution in [0.4, 0.5) is 4.39 Å². The Bertz CT molecular complexity index is 426. The average Bonchev–Trinajstić information content (AvgIpc) is 2.71. The number of nitrogens with zero attached hydrogens (tertiary/aromatic N) is 1. The van der Waals surface area contributed by atoms with E-state index in [-0.39, 0.29) is 11.9 Å². The van der Waals surface area contributed by atoms with Gasteiger partial charge in [-0.15, -0.1) is 0 Å². The number of benzene rings is 1. The van der Waals surface area contributed by atoms with Crippen LogP contribution in [0.2, 0.25) is 0 Å². The zero-order valence-corrected chi connectivity index (χ0v) is 9.83. The molecule has 0 saturated carbocycles. The Balaban J connectivity index is 2.32. The average molecular weight is 221 g/mol. The van der Waals surface area contributed by atoms with E-state index in [1.54, 1.807) is 19.1 Å². The number of ether oxygens (including phenoxy) is 1. The van der Waals surface area contributed by atoms with Gasteiger partial charge in [0.25, 0.3) is 0 Å². The third-order valence-electron chi connectivity index (χ3n) is 2.87. The molecule has 1 aliphatic heterocycles. The van der Waals surface area contributed by atoms with E-state index in [0.29, 0.717) is 29.5 Å². The molecule has 0 saturated heterocycles. The standard InChI is InChI=1S/C13H16FNO/c1-8(2)11-7-16-13(15-11)10-6-4-5-9(3)12(10)14/h4-6,8,11H,7H2,1-3H3. The molecule has 1 unspecified atom stereocenters.